The topological polar surface area (TPSA) is 210 Å². The molecule has 2 saturated carbocycles. The Morgan fingerprint density at radius 1 is 0.512 bits per heavy atom. The molecule has 0 heterocycles. The van der Waals surface area contributed by atoms with Crippen molar-refractivity contribution in [3.8, 4) is 0 Å². The average molecular weight is 581 g/mol. The number of carboxylic acids is 5. The van der Waals surface area contributed by atoms with Crippen molar-refractivity contribution in [3.63, 3.8) is 0 Å². The molecule has 0 spiro atoms. The second-order valence-electron chi connectivity index (χ2n) is 11.5. The molecular formula is C28H42N3O10-5. The molecule has 0 radical (unpaired) electrons. The van der Waals surface area contributed by atoms with Crippen LogP contribution in [0.3, 0.4) is 0 Å². The predicted molar refractivity (Wildman–Crippen MR) is 135 cm³/mol. The minimum absolute atomic E-state index is 0.0964. The van der Waals surface area contributed by atoms with Gasteiger partial charge in [0.2, 0.25) is 0 Å². The van der Waals surface area contributed by atoms with Crippen molar-refractivity contribution in [1.82, 2.24) is 14.7 Å². The quantitative estimate of drug-likeness (QED) is 0.133. The Bertz CT molecular complexity index is 811. The highest BCUT2D eigenvalue weighted by Gasteiger charge is 2.28. The van der Waals surface area contributed by atoms with Crippen LogP contribution in [0.25, 0.3) is 0 Å². The Labute approximate surface area is 241 Å². The van der Waals surface area contributed by atoms with Gasteiger partial charge in [-0.1, -0.05) is 64.2 Å². The first kappa shape index (κ1) is 34.4. The maximum atomic E-state index is 12.0. The Kier molecular flexibility index (Phi) is 15.0. The summed E-state index contributed by atoms with van der Waals surface area (Å²) < 4.78 is 0. The highest BCUT2D eigenvalue weighted by molar-refractivity contribution is 5.74. The third-order valence-corrected chi connectivity index (χ3v) is 8.41. The molecule has 2 fully saturated rings. The molecule has 41 heavy (non-hydrogen) atoms. The Morgan fingerprint density at radius 3 is 1.15 bits per heavy atom. The van der Waals surface area contributed by atoms with E-state index < -0.39 is 61.6 Å². The van der Waals surface area contributed by atoms with Crippen LogP contribution in [0, 0.1) is 11.8 Å². The minimum atomic E-state index is -1.49. The molecule has 0 N–H and O–H groups in total. The molecule has 0 aromatic carbocycles. The summed E-state index contributed by atoms with van der Waals surface area (Å²) in [6.45, 7) is -2.53. The van der Waals surface area contributed by atoms with E-state index in [2.05, 4.69) is 0 Å². The van der Waals surface area contributed by atoms with Gasteiger partial charge in [-0.15, -0.1) is 0 Å². The third-order valence-electron chi connectivity index (χ3n) is 8.41. The Hall–Kier alpha value is -2.77. The van der Waals surface area contributed by atoms with E-state index in [-0.39, 0.29) is 50.9 Å². The van der Waals surface area contributed by atoms with E-state index in [1.54, 1.807) is 0 Å². The molecular weight excluding hydrogens is 538 g/mol. The van der Waals surface area contributed by atoms with Crippen molar-refractivity contribution in [2.24, 2.45) is 11.8 Å². The van der Waals surface area contributed by atoms with E-state index in [0.717, 1.165) is 64.2 Å². The zero-order valence-electron chi connectivity index (χ0n) is 23.7. The number of hydrogen-bond acceptors (Lipinski definition) is 13. The molecule has 0 saturated heterocycles. The zero-order chi connectivity index (χ0) is 30.4. The molecule has 2 unspecified atom stereocenters. The summed E-state index contributed by atoms with van der Waals surface area (Å²) in [6.07, 6.45) is 9.66. The molecule has 13 heteroatoms. The van der Waals surface area contributed by atoms with Crippen LogP contribution in [-0.2, 0) is 24.0 Å². The molecule has 2 aliphatic carbocycles. The average Bonchev–Trinajstić information content (AvgIpc) is 2.90. The Balaban J connectivity index is 2.13. The van der Waals surface area contributed by atoms with Crippen molar-refractivity contribution >= 4 is 29.8 Å². The van der Waals surface area contributed by atoms with Crippen molar-refractivity contribution in [2.75, 3.05) is 45.8 Å². The summed E-state index contributed by atoms with van der Waals surface area (Å²) >= 11 is 0. The molecule has 2 aliphatic rings. The maximum absolute atomic E-state index is 12.0. The van der Waals surface area contributed by atoms with Crippen molar-refractivity contribution in [3.05, 3.63) is 0 Å². The number of carbonyl (C=O) groups is 5. The van der Waals surface area contributed by atoms with Crippen molar-refractivity contribution in [1.29, 1.82) is 0 Å². The molecule has 13 nitrogen and oxygen atoms in total. The smallest absolute Gasteiger partial charge is 0.0586 e. The molecule has 0 bridgehead atoms. The molecule has 0 aliphatic heterocycles. The van der Waals surface area contributed by atoms with Crippen LogP contribution in [0.1, 0.15) is 77.0 Å². The molecule has 2 atom stereocenters. The van der Waals surface area contributed by atoms with E-state index in [4.69, 9.17) is 0 Å². The second kappa shape index (κ2) is 17.9. The summed E-state index contributed by atoms with van der Waals surface area (Å²) in [5, 5.41) is 58.4. The summed E-state index contributed by atoms with van der Waals surface area (Å²) in [5.74, 6) is -7.11. The van der Waals surface area contributed by atoms with Gasteiger partial charge in [-0.05, 0) is 24.7 Å². The van der Waals surface area contributed by atoms with Gasteiger partial charge in [0.15, 0.2) is 0 Å². The zero-order valence-corrected chi connectivity index (χ0v) is 23.7. The second-order valence-corrected chi connectivity index (χ2v) is 11.5. The van der Waals surface area contributed by atoms with Crippen LogP contribution >= 0.6 is 0 Å². The highest BCUT2D eigenvalue weighted by atomic mass is 16.4. The van der Waals surface area contributed by atoms with Gasteiger partial charge in [0.25, 0.3) is 0 Å². The maximum Gasteiger partial charge on any atom is 0.0586 e. The summed E-state index contributed by atoms with van der Waals surface area (Å²) in [5.41, 5.74) is 0. The number of aliphatic carboxylic acids is 5. The Morgan fingerprint density at radius 2 is 0.854 bits per heavy atom. The van der Waals surface area contributed by atoms with Crippen LogP contribution in [0.5, 0.6) is 0 Å². The van der Waals surface area contributed by atoms with Gasteiger partial charge in [0.05, 0.1) is 41.9 Å². The summed E-state index contributed by atoms with van der Waals surface area (Å²) in [6, 6.07) is -2.43. The first-order chi connectivity index (χ1) is 19.5. The van der Waals surface area contributed by atoms with E-state index in [9.17, 15) is 49.5 Å². The van der Waals surface area contributed by atoms with E-state index in [1.807, 2.05) is 0 Å². The molecule has 234 valence electrons. The minimum Gasteiger partial charge on any atom is -0.549 e. The molecule has 0 aromatic heterocycles. The summed E-state index contributed by atoms with van der Waals surface area (Å²) in [4.78, 5) is 62.1. The lowest BCUT2D eigenvalue weighted by Crippen LogP contribution is -2.56. The number of hydrogen-bond donors (Lipinski definition) is 0. The third kappa shape index (κ3) is 13.2. The van der Waals surface area contributed by atoms with E-state index in [1.165, 1.54) is 14.7 Å². The summed E-state index contributed by atoms with van der Waals surface area (Å²) in [7, 11) is 0. The SMILES string of the molecule is O=C([O-])CN(CCN(CC(=O)[O-])C(CC1CCCCC1)C(=O)[O-])CCN(CC(=O)[O-])C(CC1CCCCC1)C(=O)[O-]. The molecule has 2 rings (SSSR count). The van der Waals surface area contributed by atoms with Gasteiger partial charge in [0, 0.05) is 45.8 Å². The van der Waals surface area contributed by atoms with Gasteiger partial charge in [-0.3, -0.25) is 14.7 Å². The van der Waals surface area contributed by atoms with Gasteiger partial charge in [-0.25, -0.2) is 0 Å². The highest BCUT2D eigenvalue weighted by Crippen LogP contribution is 2.29. The number of nitrogens with zero attached hydrogens (tertiary/aromatic N) is 3. The predicted octanol–water partition coefficient (Wildman–Crippen LogP) is -4.68. The van der Waals surface area contributed by atoms with Crippen molar-refractivity contribution < 1.29 is 49.5 Å². The number of rotatable bonds is 20. The fourth-order valence-electron chi connectivity index (χ4n) is 6.28. The first-order valence-electron chi connectivity index (χ1n) is 14.7. The lowest BCUT2D eigenvalue weighted by Gasteiger charge is -2.38. The van der Waals surface area contributed by atoms with Gasteiger partial charge in [0.1, 0.15) is 0 Å². The van der Waals surface area contributed by atoms with Crippen LogP contribution in [0.2, 0.25) is 0 Å². The molecule has 0 amide bonds. The normalized spacial score (nSPS) is 18.4. The van der Waals surface area contributed by atoms with Crippen LogP contribution in [-0.4, -0.2) is 102 Å². The number of carboxylic acid groups (broad SMARTS) is 5. The molecule has 0 aromatic rings. The van der Waals surface area contributed by atoms with E-state index in [0.29, 0.717) is 0 Å². The number of carbonyl (C=O) groups excluding carboxylic acids is 5. The van der Waals surface area contributed by atoms with Gasteiger partial charge < -0.3 is 49.5 Å². The van der Waals surface area contributed by atoms with Gasteiger partial charge in [-0.2, -0.15) is 0 Å². The largest absolute Gasteiger partial charge is 0.549 e. The standard InChI is InChI=1S/C28H47N3O10/c32-24(33)17-29(11-13-30(18-25(34)35)22(27(38)39)15-20-7-3-1-4-8-20)12-14-31(19-26(36)37)23(28(40)41)16-21-9-5-2-6-10-21/h20-23H,1-19H2,(H,32,33)(H,34,35)(H,36,37)(H,38,39)(H,40,41)/p-5. The van der Waals surface area contributed by atoms with Crippen LogP contribution < -0.4 is 25.5 Å². The van der Waals surface area contributed by atoms with Crippen molar-refractivity contribution in [2.45, 2.75) is 89.1 Å². The van der Waals surface area contributed by atoms with Crippen LogP contribution in [0.4, 0.5) is 0 Å². The monoisotopic (exact) mass is 580 g/mol. The van der Waals surface area contributed by atoms with E-state index >= 15 is 0 Å². The van der Waals surface area contributed by atoms with Gasteiger partial charge >= 0.3 is 0 Å². The lowest BCUT2D eigenvalue weighted by atomic mass is 9.84. The first-order valence-corrected chi connectivity index (χ1v) is 14.7. The lowest BCUT2D eigenvalue weighted by molar-refractivity contribution is -0.317. The van der Waals surface area contributed by atoms with Crippen LogP contribution in [0.15, 0.2) is 0 Å². The fourth-order valence-corrected chi connectivity index (χ4v) is 6.28. The fraction of sp³-hybridized carbons (Fsp3) is 0.821.